The number of methoxy groups -OCH3 is 2. The van der Waals surface area contributed by atoms with Gasteiger partial charge in [0.15, 0.2) is 16.4 Å². The lowest BCUT2D eigenvalue weighted by Gasteiger charge is -2.15. The summed E-state index contributed by atoms with van der Waals surface area (Å²) < 4.78 is 37.1. The van der Waals surface area contributed by atoms with Gasteiger partial charge in [0, 0.05) is 12.6 Å². The van der Waals surface area contributed by atoms with Crippen LogP contribution in [0.25, 0.3) is 0 Å². The van der Waals surface area contributed by atoms with Gasteiger partial charge < -0.3 is 14.6 Å². The number of aliphatic hydroxyl groups is 1. The maximum absolute atomic E-state index is 12.3. The summed E-state index contributed by atoms with van der Waals surface area (Å²) in [6, 6.07) is 9.63. The highest BCUT2D eigenvalue weighted by atomic mass is 32.2. The summed E-state index contributed by atoms with van der Waals surface area (Å²) in [5.41, 5.74) is -0.145. The first-order valence-electron chi connectivity index (χ1n) is 7.43. The summed E-state index contributed by atoms with van der Waals surface area (Å²) in [5.74, 6) is 0.842. The number of hydrogen-bond acceptors (Lipinski definition) is 7. The summed E-state index contributed by atoms with van der Waals surface area (Å²) in [6.07, 6.45) is -1.19. The molecule has 1 atom stereocenters. The second-order valence-corrected chi connectivity index (χ2v) is 6.94. The van der Waals surface area contributed by atoms with E-state index < -0.39 is 31.6 Å². The first kappa shape index (κ1) is 19.6. The number of ether oxygens (including phenoxy) is 2. The molecule has 0 aliphatic rings. The normalized spacial score (nSPS) is 12.4. The van der Waals surface area contributed by atoms with E-state index in [1.54, 1.807) is 12.1 Å². The molecule has 140 valence electrons. The van der Waals surface area contributed by atoms with Crippen LogP contribution >= 0.6 is 0 Å². The van der Waals surface area contributed by atoms with Crippen molar-refractivity contribution in [2.75, 3.05) is 20.8 Å². The molecule has 2 aromatic carbocycles. The third-order valence-corrected chi connectivity index (χ3v) is 5.08. The molecule has 0 aliphatic heterocycles. The topological polar surface area (TPSA) is 128 Å². The van der Waals surface area contributed by atoms with Gasteiger partial charge in [0.05, 0.1) is 25.2 Å². The second kappa shape index (κ2) is 8.13. The Morgan fingerprint density at radius 2 is 1.81 bits per heavy atom. The van der Waals surface area contributed by atoms with Gasteiger partial charge in [-0.2, -0.15) is 0 Å². The van der Waals surface area contributed by atoms with Crippen molar-refractivity contribution in [1.29, 1.82) is 0 Å². The number of hydrogen-bond donors (Lipinski definition) is 2. The van der Waals surface area contributed by atoms with E-state index in [-0.39, 0.29) is 6.54 Å². The van der Waals surface area contributed by atoms with Crippen LogP contribution in [0, 0.1) is 10.1 Å². The minimum absolute atomic E-state index is 0.371. The lowest BCUT2D eigenvalue weighted by atomic mass is 10.1. The number of sulfonamides is 1. The Kier molecular flexibility index (Phi) is 6.14. The molecule has 2 rings (SSSR count). The largest absolute Gasteiger partial charge is 0.493 e. The number of rotatable bonds is 8. The van der Waals surface area contributed by atoms with E-state index in [0.29, 0.717) is 17.1 Å². The van der Waals surface area contributed by atoms with E-state index >= 15 is 0 Å². The van der Waals surface area contributed by atoms with E-state index in [0.717, 1.165) is 12.1 Å². The average molecular weight is 382 g/mol. The first-order valence-corrected chi connectivity index (χ1v) is 8.91. The van der Waals surface area contributed by atoms with Gasteiger partial charge in [0.1, 0.15) is 0 Å². The molecule has 26 heavy (non-hydrogen) atoms. The van der Waals surface area contributed by atoms with Crippen molar-refractivity contribution in [1.82, 2.24) is 4.72 Å². The summed E-state index contributed by atoms with van der Waals surface area (Å²) >= 11 is 0. The van der Waals surface area contributed by atoms with Crippen LogP contribution in [0.2, 0.25) is 0 Å². The maximum atomic E-state index is 12.3. The number of nitrogens with zero attached hydrogens (tertiary/aromatic N) is 1. The molecule has 0 heterocycles. The fraction of sp³-hybridized carbons (Fsp3) is 0.250. The number of nitro benzene ring substituents is 1. The van der Waals surface area contributed by atoms with Crippen LogP contribution < -0.4 is 14.2 Å². The maximum Gasteiger partial charge on any atom is 0.289 e. The molecule has 0 saturated carbocycles. The molecule has 0 radical (unpaired) electrons. The molecular formula is C16H18N2O7S. The number of para-hydroxylation sites is 1. The van der Waals surface area contributed by atoms with Gasteiger partial charge in [-0.3, -0.25) is 10.1 Å². The second-order valence-electron chi connectivity index (χ2n) is 5.21. The number of nitrogens with one attached hydrogen (secondary N) is 1. The Morgan fingerprint density at radius 3 is 2.42 bits per heavy atom. The average Bonchev–Trinajstić information content (AvgIpc) is 2.65. The van der Waals surface area contributed by atoms with E-state index in [2.05, 4.69) is 4.72 Å². The van der Waals surface area contributed by atoms with Crippen molar-refractivity contribution < 1.29 is 27.9 Å². The molecule has 0 spiro atoms. The Balaban J connectivity index is 2.19. The highest BCUT2D eigenvalue weighted by Crippen LogP contribution is 2.30. The van der Waals surface area contributed by atoms with Gasteiger partial charge in [0.2, 0.25) is 10.0 Å². The summed E-state index contributed by atoms with van der Waals surface area (Å²) in [6.45, 7) is -0.371. The first-order chi connectivity index (χ1) is 12.3. The lowest BCUT2D eigenvalue weighted by Crippen LogP contribution is -2.29. The molecule has 0 fully saturated rings. The molecule has 2 N–H and O–H groups in total. The Morgan fingerprint density at radius 1 is 1.15 bits per heavy atom. The Bertz CT molecular complexity index is 899. The van der Waals surface area contributed by atoms with Crippen molar-refractivity contribution in [3.05, 3.63) is 58.1 Å². The third kappa shape index (κ3) is 4.28. The van der Waals surface area contributed by atoms with Crippen LogP contribution in [0.5, 0.6) is 11.5 Å². The molecule has 0 aromatic heterocycles. The minimum atomic E-state index is -4.18. The van der Waals surface area contributed by atoms with Gasteiger partial charge in [-0.15, -0.1) is 0 Å². The minimum Gasteiger partial charge on any atom is -0.493 e. The number of benzene rings is 2. The van der Waals surface area contributed by atoms with Gasteiger partial charge in [-0.1, -0.05) is 18.2 Å². The predicted octanol–water partition coefficient (Wildman–Crippen LogP) is 1.62. The summed E-state index contributed by atoms with van der Waals surface area (Å²) in [4.78, 5) is 9.75. The summed E-state index contributed by atoms with van der Waals surface area (Å²) in [5, 5.41) is 21.2. The molecule has 2 aromatic rings. The Hall–Kier alpha value is -2.69. The molecule has 0 aliphatic carbocycles. The number of aliphatic hydroxyl groups excluding tert-OH is 1. The van der Waals surface area contributed by atoms with E-state index in [4.69, 9.17) is 9.47 Å². The standard InChI is InChI=1S/C16H18N2O7S/c1-24-14-8-7-11(9-15(14)25-2)13(19)10-17-26(22,23)16-6-4-3-5-12(16)18(20)21/h3-9,13,17,19H,10H2,1-2H3. The van der Waals surface area contributed by atoms with Crippen LogP contribution in [0.3, 0.4) is 0 Å². The van der Waals surface area contributed by atoms with Gasteiger partial charge in [-0.25, -0.2) is 13.1 Å². The van der Waals surface area contributed by atoms with Crippen LogP contribution in [-0.2, 0) is 10.0 Å². The fourth-order valence-electron chi connectivity index (χ4n) is 2.28. The van der Waals surface area contributed by atoms with Crippen LogP contribution in [-0.4, -0.2) is 39.2 Å². The van der Waals surface area contributed by atoms with Gasteiger partial charge in [0.25, 0.3) is 5.69 Å². The van der Waals surface area contributed by atoms with Crippen molar-refractivity contribution in [3.63, 3.8) is 0 Å². The van der Waals surface area contributed by atoms with Crippen molar-refractivity contribution in [2.45, 2.75) is 11.0 Å². The van der Waals surface area contributed by atoms with Crippen LogP contribution in [0.4, 0.5) is 5.69 Å². The van der Waals surface area contributed by atoms with E-state index in [9.17, 15) is 23.6 Å². The smallest absolute Gasteiger partial charge is 0.289 e. The fourth-order valence-corrected chi connectivity index (χ4v) is 3.49. The zero-order chi connectivity index (χ0) is 19.3. The quantitative estimate of drug-likeness (QED) is 0.524. The highest BCUT2D eigenvalue weighted by Gasteiger charge is 2.25. The van der Waals surface area contributed by atoms with E-state index in [1.807, 2.05) is 0 Å². The van der Waals surface area contributed by atoms with Gasteiger partial charge in [-0.05, 0) is 23.8 Å². The van der Waals surface area contributed by atoms with Crippen molar-refractivity contribution in [3.8, 4) is 11.5 Å². The van der Waals surface area contributed by atoms with Gasteiger partial charge >= 0.3 is 0 Å². The Labute approximate surface area is 150 Å². The molecule has 10 heteroatoms. The monoisotopic (exact) mass is 382 g/mol. The molecular weight excluding hydrogens is 364 g/mol. The lowest BCUT2D eigenvalue weighted by molar-refractivity contribution is -0.387. The van der Waals surface area contributed by atoms with E-state index in [1.165, 1.54) is 32.4 Å². The zero-order valence-corrected chi connectivity index (χ0v) is 14.9. The predicted molar refractivity (Wildman–Crippen MR) is 92.8 cm³/mol. The van der Waals surface area contributed by atoms with Crippen LogP contribution in [0.15, 0.2) is 47.4 Å². The SMILES string of the molecule is COc1ccc(C(O)CNS(=O)(=O)c2ccccc2[N+](=O)[O-])cc1OC. The van der Waals surface area contributed by atoms with Crippen molar-refractivity contribution in [2.24, 2.45) is 0 Å². The number of nitro groups is 1. The zero-order valence-electron chi connectivity index (χ0n) is 14.1. The molecule has 0 saturated heterocycles. The molecule has 9 nitrogen and oxygen atoms in total. The molecule has 0 amide bonds. The molecule has 0 bridgehead atoms. The van der Waals surface area contributed by atoms with Crippen LogP contribution in [0.1, 0.15) is 11.7 Å². The highest BCUT2D eigenvalue weighted by molar-refractivity contribution is 7.89. The van der Waals surface area contributed by atoms with Crippen molar-refractivity contribution >= 4 is 15.7 Å². The third-order valence-electron chi connectivity index (χ3n) is 3.61. The summed E-state index contributed by atoms with van der Waals surface area (Å²) in [7, 11) is -1.27. The molecule has 1 unspecified atom stereocenters.